The van der Waals surface area contributed by atoms with Crippen LogP contribution in [0.2, 0.25) is 0 Å². The maximum absolute atomic E-state index is 12.4. The van der Waals surface area contributed by atoms with E-state index in [2.05, 4.69) is 31.4 Å². The summed E-state index contributed by atoms with van der Waals surface area (Å²) < 4.78 is 31.9. The van der Waals surface area contributed by atoms with Gasteiger partial charge in [-0.2, -0.15) is 0 Å². The number of fused-ring (bicyclic) bond motifs is 5. The molecule has 5 N–H and O–H groups in total. The fourth-order valence-electron chi connectivity index (χ4n) is 9.34. The molecule has 0 bridgehead atoms. The van der Waals surface area contributed by atoms with E-state index >= 15 is 0 Å². The van der Waals surface area contributed by atoms with Gasteiger partial charge in [-0.25, -0.2) is 8.42 Å². The minimum absolute atomic E-state index is 0. The second-order valence-corrected chi connectivity index (χ2v) is 15.0. The monoisotopic (exact) mass is 594 g/mol. The number of carbonyl (C=O) groups excluding carboxylic acids is 2. The summed E-state index contributed by atoms with van der Waals surface area (Å²) in [6.45, 7) is 6.05. The molecule has 0 radical (unpaired) electrons. The predicted molar refractivity (Wildman–Crippen MR) is 143 cm³/mol. The third kappa shape index (κ3) is 6.93. The molecule has 10 nitrogen and oxygen atoms in total. The minimum Gasteiger partial charge on any atom is -0.748 e. The Hall–Kier alpha value is -0.270. The number of hydrogen-bond donors (Lipinski definition) is 5. The van der Waals surface area contributed by atoms with Crippen LogP contribution in [0.5, 0.6) is 0 Å². The van der Waals surface area contributed by atoms with Gasteiger partial charge in [0.2, 0.25) is 11.8 Å². The van der Waals surface area contributed by atoms with Crippen molar-refractivity contribution in [3.8, 4) is 0 Å². The van der Waals surface area contributed by atoms with E-state index in [1.54, 1.807) is 0 Å². The molecule has 2 amide bonds. The molecule has 4 aliphatic rings. The van der Waals surface area contributed by atoms with Gasteiger partial charge in [-0.15, -0.1) is 0 Å². The predicted octanol–water partition coefficient (Wildman–Crippen LogP) is -1.85. The quantitative estimate of drug-likeness (QED) is 0.153. The smallest absolute Gasteiger partial charge is 0.748 e. The van der Waals surface area contributed by atoms with Gasteiger partial charge in [0.25, 0.3) is 0 Å². The van der Waals surface area contributed by atoms with Crippen LogP contribution in [0.25, 0.3) is 0 Å². The van der Waals surface area contributed by atoms with Crippen molar-refractivity contribution >= 4 is 21.9 Å². The topological polar surface area (TPSA) is 176 Å². The third-order valence-corrected chi connectivity index (χ3v) is 12.2. The fraction of sp³-hybridized carbons (Fsp3) is 0.929. The average Bonchev–Trinajstić information content (AvgIpc) is 3.20. The molecule has 4 fully saturated rings. The van der Waals surface area contributed by atoms with Gasteiger partial charge in [0.05, 0.1) is 40.7 Å². The van der Waals surface area contributed by atoms with Gasteiger partial charge >= 0.3 is 29.6 Å². The van der Waals surface area contributed by atoms with Crippen molar-refractivity contribution < 1.29 is 67.4 Å². The summed E-state index contributed by atoms with van der Waals surface area (Å²) in [6, 6.07) is 0. The summed E-state index contributed by atoms with van der Waals surface area (Å²) in [5.74, 6) is -0.259. The molecular formula is C28H47N2NaO8S. The largest absolute Gasteiger partial charge is 1.00 e. The summed E-state index contributed by atoms with van der Waals surface area (Å²) in [5, 5.41) is 38.2. The number of hydrogen-bond acceptors (Lipinski definition) is 8. The number of aliphatic hydroxyl groups excluding tert-OH is 3. The summed E-state index contributed by atoms with van der Waals surface area (Å²) >= 11 is 0. The van der Waals surface area contributed by atoms with Gasteiger partial charge in [-0.1, -0.05) is 20.8 Å². The summed E-state index contributed by atoms with van der Waals surface area (Å²) in [7, 11) is -4.41. The first-order valence-electron chi connectivity index (χ1n) is 14.7. The Labute approximate surface area is 260 Å². The molecule has 0 heterocycles. The molecule has 0 aromatic carbocycles. The van der Waals surface area contributed by atoms with Crippen molar-refractivity contribution in [2.24, 2.45) is 46.3 Å². The van der Waals surface area contributed by atoms with E-state index in [4.69, 9.17) is 0 Å². The molecular weight excluding hydrogens is 547 g/mol. The SMILES string of the molecule is C[C@H](CCC(=O)NCC(=O)NCCS(=O)(=O)[O-])[C@H]1CCC2C3C(O)C[C@@H]4C[C@H](O)CC[C@]4(C)C3C[C@H](O)[C@@]21C.[Na+]. The zero-order valence-corrected chi connectivity index (χ0v) is 27.3. The Balaban J connectivity index is 0.00000441. The minimum atomic E-state index is -4.41. The second kappa shape index (κ2) is 13.2. The maximum atomic E-state index is 12.4. The van der Waals surface area contributed by atoms with E-state index in [0.29, 0.717) is 12.8 Å². The Kier molecular flexibility index (Phi) is 11.3. The van der Waals surface area contributed by atoms with E-state index in [9.17, 15) is 37.9 Å². The first kappa shape index (κ1) is 34.2. The van der Waals surface area contributed by atoms with Crippen molar-refractivity contribution in [2.75, 3.05) is 18.8 Å². The molecule has 11 atom stereocenters. The van der Waals surface area contributed by atoms with Gasteiger partial charge in [0.1, 0.15) is 0 Å². The molecule has 4 rings (SSSR count). The number of amides is 2. The van der Waals surface area contributed by atoms with Crippen LogP contribution in [0, 0.1) is 46.3 Å². The van der Waals surface area contributed by atoms with Crippen molar-refractivity contribution in [1.29, 1.82) is 0 Å². The molecule has 0 aromatic rings. The van der Waals surface area contributed by atoms with Crippen LogP contribution < -0.4 is 40.2 Å². The number of nitrogens with one attached hydrogen (secondary N) is 2. The Bertz CT molecular complexity index is 1030. The van der Waals surface area contributed by atoms with Gasteiger partial charge in [0.15, 0.2) is 0 Å². The molecule has 0 saturated heterocycles. The standard InChI is InChI=1S/C28H48N2O8S.Na/c1-16(4-7-24(34)30-15-25(35)29-10-11-39(36,37)38)19-5-6-20-26-21(14-23(33)28(19,20)3)27(2)9-8-18(31)12-17(27)13-22(26)32;/h16-23,26,31-33H,4-15H2,1-3H3,(H,29,35)(H,30,34)(H,36,37,38);/q;+1/p-1/t16-,17+,18-,19-,20?,21?,22?,23+,26?,27+,28-;/m1./s1. The van der Waals surface area contributed by atoms with Gasteiger partial charge in [-0.05, 0) is 97.7 Å². The van der Waals surface area contributed by atoms with Gasteiger partial charge in [-0.3, -0.25) is 9.59 Å². The third-order valence-electron chi connectivity index (χ3n) is 11.5. The molecule has 224 valence electrons. The van der Waals surface area contributed by atoms with E-state index in [-0.39, 0.29) is 107 Å². The van der Waals surface area contributed by atoms with Gasteiger partial charge < -0.3 is 30.5 Å². The first-order chi connectivity index (χ1) is 18.2. The second-order valence-electron chi connectivity index (χ2n) is 13.4. The molecule has 4 saturated carbocycles. The zero-order valence-electron chi connectivity index (χ0n) is 24.5. The van der Waals surface area contributed by atoms with E-state index in [1.807, 2.05) is 0 Å². The molecule has 0 aliphatic heterocycles. The summed E-state index contributed by atoms with van der Waals surface area (Å²) in [5.41, 5.74) is -0.306. The summed E-state index contributed by atoms with van der Waals surface area (Å²) in [6.07, 6.45) is 5.39. The van der Waals surface area contributed by atoms with Crippen LogP contribution in [0.15, 0.2) is 0 Å². The summed E-state index contributed by atoms with van der Waals surface area (Å²) in [4.78, 5) is 24.2. The van der Waals surface area contributed by atoms with Crippen LogP contribution in [-0.2, 0) is 19.7 Å². The molecule has 12 heteroatoms. The van der Waals surface area contributed by atoms with Crippen molar-refractivity contribution in [3.63, 3.8) is 0 Å². The molecule has 40 heavy (non-hydrogen) atoms. The molecule has 0 aromatic heterocycles. The molecule has 4 unspecified atom stereocenters. The maximum Gasteiger partial charge on any atom is 1.00 e. The van der Waals surface area contributed by atoms with E-state index in [0.717, 1.165) is 38.5 Å². The Morgan fingerprint density at radius 1 is 1.00 bits per heavy atom. The van der Waals surface area contributed by atoms with Crippen LogP contribution in [0.4, 0.5) is 0 Å². The van der Waals surface area contributed by atoms with Crippen LogP contribution in [0.3, 0.4) is 0 Å². The Morgan fingerprint density at radius 2 is 1.70 bits per heavy atom. The first-order valence-corrected chi connectivity index (χ1v) is 16.3. The Morgan fingerprint density at radius 3 is 2.38 bits per heavy atom. The zero-order chi connectivity index (χ0) is 28.8. The molecule has 4 aliphatic carbocycles. The number of rotatable bonds is 9. The number of aliphatic hydroxyl groups is 3. The van der Waals surface area contributed by atoms with Crippen molar-refractivity contribution in [3.05, 3.63) is 0 Å². The van der Waals surface area contributed by atoms with Crippen LogP contribution in [0.1, 0.15) is 78.6 Å². The van der Waals surface area contributed by atoms with Crippen LogP contribution in [-0.4, -0.2) is 77.3 Å². The van der Waals surface area contributed by atoms with Crippen LogP contribution >= 0.6 is 0 Å². The van der Waals surface area contributed by atoms with Gasteiger partial charge in [0, 0.05) is 13.0 Å². The fourth-order valence-corrected chi connectivity index (χ4v) is 9.69. The van der Waals surface area contributed by atoms with E-state index in [1.165, 1.54) is 0 Å². The van der Waals surface area contributed by atoms with Crippen molar-refractivity contribution in [2.45, 2.75) is 96.9 Å². The van der Waals surface area contributed by atoms with E-state index < -0.39 is 34.0 Å². The number of carbonyl (C=O) groups is 2. The normalized spacial score (nSPS) is 41.5. The van der Waals surface area contributed by atoms with Crippen molar-refractivity contribution in [1.82, 2.24) is 10.6 Å². The molecule has 0 spiro atoms. The average molecular weight is 595 g/mol.